The van der Waals surface area contributed by atoms with Crippen molar-refractivity contribution < 1.29 is 43.4 Å². The highest BCUT2D eigenvalue weighted by atomic mass is 31.2. The Labute approximate surface area is 144 Å². The average molecular weight is 394 g/mol. The van der Waals surface area contributed by atoms with E-state index in [9.17, 15) is 24.1 Å². The van der Waals surface area contributed by atoms with Crippen molar-refractivity contribution in [2.24, 2.45) is 0 Å². The summed E-state index contributed by atoms with van der Waals surface area (Å²) in [5, 5.41) is 19.5. The lowest BCUT2D eigenvalue weighted by Gasteiger charge is -2.36. The van der Waals surface area contributed by atoms with Crippen LogP contribution in [0, 0.1) is 0 Å². The second kappa shape index (κ2) is 6.70. The molecule has 13 nitrogen and oxygen atoms in total. The van der Waals surface area contributed by atoms with Crippen LogP contribution in [0.5, 0.6) is 0 Å². The largest absolute Gasteiger partial charge is 0.479 e. The third kappa shape index (κ3) is 3.64. The van der Waals surface area contributed by atoms with Crippen molar-refractivity contribution in [1.29, 1.82) is 0 Å². The number of fused-ring (bicyclic) bond motifs is 1. The predicted molar refractivity (Wildman–Crippen MR) is 79.1 cm³/mol. The van der Waals surface area contributed by atoms with Crippen molar-refractivity contribution >= 4 is 13.8 Å². The van der Waals surface area contributed by atoms with Crippen LogP contribution < -0.4 is 11.2 Å². The maximum Gasteiger partial charge on any atom is 0.469 e. The summed E-state index contributed by atoms with van der Waals surface area (Å²) in [6, 6.07) is 1.00. The number of aliphatic hydroxyl groups excluding tert-OH is 1. The summed E-state index contributed by atoms with van der Waals surface area (Å²) in [5.74, 6) is -1.42. The van der Waals surface area contributed by atoms with Gasteiger partial charge >= 0.3 is 19.5 Å². The number of carbonyl (C=O) groups is 1. The Morgan fingerprint density at radius 2 is 2.00 bits per heavy atom. The van der Waals surface area contributed by atoms with Gasteiger partial charge in [0.1, 0.15) is 24.4 Å². The smallest absolute Gasteiger partial charge is 0.469 e. The van der Waals surface area contributed by atoms with Gasteiger partial charge in [-0.1, -0.05) is 0 Å². The van der Waals surface area contributed by atoms with E-state index in [0.717, 1.165) is 16.8 Å². The second-order valence-corrected chi connectivity index (χ2v) is 6.99. The number of aromatic nitrogens is 2. The lowest BCUT2D eigenvalue weighted by atomic mass is 9.96. The summed E-state index contributed by atoms with van der Waals surface area (Å²) < 4.78 is 27.3. The minimum Gasteiger partial charge on any atom is -0.479 e. The number of rotatable bonds is 4. The van der Waals surface area contributed by atoms with Gasteiger partial charge in [-0.2, -0.15) is 0 Å². The van der Waals surface area contributed by atoms with E-state index in [-0.39, 0.29) is 0 Å². The molecule has 0 aliphatic carbocycles. The predicted octanol–water partition coefficient (Wildman–Crippen LogP) is -2.49. The normalized spacial score (nSPS) is 34.4. The minimum atomic E-state index is -4.99. The van der Waals surface area contributed by atoms with E-state index in [1.165, 1.54) is 0 Å². The van der Waals surface area contributed by atoms with E-state index in [4.69, 9.17) is 24.4 Å². The number of aliphatic carboxylic acids is 1. The van der Waals surface area contributed by atoms with Crippen LogP contribution in [0.1, 0.15) is 12.6 Å². The molecule has 0 spiro atoms. The van der Waals surface area contributed by atoms with Crippen molar-refractivity contribution in [2.75, 3.05) is 0 Å². The highest BCUT2D eigenvalue weighted by Crippen LogP contribution is 2.45. The van der Waals surface area contributed by atoms with Gasteiger partial charge < -0.3 is 29.5 Å². The van der Waals surface area contributed by atoms with Crippen molar-refractivity contribution in [3.05, 3.63) is 33.1 Å². The Kier molecular flexibility index (Phi) is 4.88. The number of aliphatic hydroxyl groups is 1. The highest BCUT2D eigenvalue weighted by molar-refractivity contribution is 7.46. The van der Waals surface area contributed by atoms with Crippen LogP contribution in [0.3, 0.4) is 0 Å². The van der Waals surface area contributed by atoms with Gasteiger partial charge in [0, 0.05) is 18.7 Å². The molecule has 6 atom stereocenters. The second-order valence-electron chi connectivity index (χ2n) is 5.80. The number of carboxylic acid groups (broad SMARTS) is 1. The van der Waals surface area contributed by atoms with E-state index < -0.39 is 68.2 Å². The summed E-state index contributed by atoms with van der Waals surface area (Å²) in [5.41, 5.74) is -1.58. The molecule has 1 aromatic rings. The summed E-state index contributed by atoms with van der Waals surface area (Å²) in [6.45, 7) is 0. The maximum absolute atomic E-state index is 11.9. The van der Waals surface area contributed by atoms with Crippen molar-refractivity contribution in [2.45, 2.75) is 43.2 Å². The fourth-order valence-corrected chi connectivity index (χ4v) is 3.58. The number of hydrogen-bond acceptors (Lipinski definition) is 8. The number of ether oxygens (including phenoxy) is 2. The molecule has 0 amide bonds. The van der Waals surface area contributed by atoms with Crippen LogP contribution in [0.4, 0.5) is 0 Å². The van der Waals surface area contributed by atoms with Gasteiger partial charge in [0.15, 0.2) is 12.3 Å². The molecule has 1 aromatic heterocycles. The van der Waals surface area contributed by atoms with Crippen LogP contribution >= 0.6 is 7.82 Å². The Morgan fingerprint density at radius 1 is 1.31 bits per heavy atom. The molecule has 2 aliphatic heterocycles. The summed E-state index contributed by atoms with van der Waals surface area (Å²) >= 11 is 0. The zero-order valence-corrected chi connectivity index (χ0v) is 13.8. The molecule has 2 saturated heterocycles. The molecule has 144 valence electrons. The molecule has 2 fully saturated rings. The van der Waals surface area contributed by atoms with Gasteiger partial charge in [-0.15, -0.1) is 0 Å². The average Bonchev–Trinajstić information content (AvgIpc) is 2.83. The zero-order valence-electron chi connectivity index (χ0n) is 12.9. The number of phosphoric ester groups is 1. The lowest BCUT2D eigenvalue weighted by molar-refractivity contribution is -0.185. The first-order valence-corrected chi connectivity index (χ1v) is 8.87. The van der Waals surface area contributed by atoms with Crippen LogP contribution in [0.25, 0.3) is 0 Å². The quantitative estimate of drug-likeness (QED) is 0.339. The number of carboxylic acids is 1. The van der Waals surface area contributed by atoms with Crippen molar-refractivity contribution in [3.63, 3.8) is 0 Å². The fourth-order valence-electron chi connectivity index (χ4n) is 3.02. The number of nitrogens with one attached hydrogen (secondary N) is 1. The third-order valence-corrected chi connectivity index (χ3v) is 4.60. The molecule has 3 rings (SSSR count). The molecule has 2 aliphatic rings. The molecule has 5 N–H and O–H groups in total. The first kappa shape index (κ1) is 18.9. The Hall–Kier alpha value is -1.86. The number of hydrogen-bond donors (Lipinski definition) is 5. The highest BCUT2D eigenvalue weighted by Gasteiger charge is 2.55. The molecule has 0 saturated carbocycles. The van der Waals surface area contributed by atoms with Crippen LogP contribution in [0.15, 0.2) is 21.9 Å². The van der Waals surface area contributed by atoms with E-state index in [0.29, 0.717) is 0 Å². The molecule has 14 heteroatoms. The number of aromatic amines is 1. The van der Waals surface area contributed by atoms with Gasteiger partial charge in [-0.05, 0) is 0 Å². The van der Waals surface area contributed by atoms with E-state index in [1.807, 2.05) is 4.98 Å². The Bertz CT molecular complexity index is 859. The third-order valence-electron chi connectivity index (χ3n) is 4.06. The minimum absolute atomic E-state index is 0.443. The van der Waals surface area contributed by atoms with E-state index >= 15 is 0 Å². The molecule has 0 radical (unpaired) electrons. The summed E-state index contributed by atoms with van der Waals surface area (Å²) in [7, 11) is -4.99. The molecule has 0 bridgehead atoms. The maximum atomic E-state index is 11.9. The van der Waals surface area contributed by atoms with Gasteiger partial charge in [-0.3, -0.25) is 18.9 Å². The zero-order chi connectivity index (χ0) is 19.2. The Morgan fingerprint density at radius 3 is 2.58 bits per heavy atom. The molecule has 0 aromatic carbocycles. The molecular weight excluding hydrogens is 379 g/mol. The standard InChI is InChI=1S/C12H15N2O11P/c15-6-1-2-14(12(19)13-6)10-7(16)9-8(24-10)4(25-26(20,21)22)3-5(23-9)11(17)18/h1-2,4-5,7-10,16H,3H2,(H,17,18)(H,13,15,19)(H2,20,21,22)/t4-,5-,7-,8-,9+,10-/m1/s1. The summed E-state index contributed by atoms with van der Waals surface area (Å²) in [6.07, 6.45) is -7.83. The van der Waals surface area contributed by atoms with E-state index in [1.54, 1.807) is 0 Å². The van der Waals surface area contributed by atoms with Crippen molar-refractivity contribution in [3.8, 4) is 0 Å². The monoisotopic (exact) mass is 394 g/mol. The first-order chi connectivity index (χ1) is 12.1. The van der Waals surface area contributed by atoms with Crippen molar-refractivity contribution in [1.82, 2.24) is 9.55 Å². The number of H-pyrrole nitrogens is 1. The lowest BCUT2D eigenvalue weighted by Crippen LogP contribution is -2.52. The van der Waals surface area contributed by atoms with Crippen LogP contribution in [-0.2, 0) is 23.4 Å². The molecular formula is C12H15N2O11P. The number of nitrogens with zero attached hydrogens (tertiary/aromatic N) is 1. The SMILES string of the molecule is O=C(O)[C@H]1C[C@@H](OP(=O)(O)O)[C@H]2O[C@@H](n3ccc(=O)[nH]c3=O)[C@H](O)[C@@H]2O1. The first-order valence-electron chi connectivity index (χ1n) is 7.34. The number of phosphoric acid groups is 1. The molecule has 26 heavy (non-hydrogen) atoms. The van der Waals surface area contributed by atoms with Gasteiger partial charge in [0.05, 0.1) is 0 Å². The summed E-state index contributed by atoms with van der Waals surface area (Å²) in [4.78, 5) is 54.3. The molecule has 0 unspecified atom stereocenters. The van der Waals surface area contributed by atoms with E-state index in [2.05, 4.69) is 4.52 Å². The Balaban J connectivity index is 1.94. The van der Waals surface area contributed by atoms with Crippen LogP contribution in [-0.4, -0.2) is 66.0 Å². The fraction of sp³-hybridized carbons (Fsp3) is 0.583. The van der Waals surface area contributed by atoms with Gasteiger partial charge in [0.2, 0.25) is 0 Å². The topological polar surface area (TPSA) is 198 Å². The van der Waals surface area contributed by atoms with Gasteiger partial charge in [-0.25, -0.2) is 14.2 Å². The van der Waals surface area contributed by atoms with Gasteiger partial charge in [0.25, 0.3) is 5.56 Å². The van der Waals surface area contributed by atoms with Crippen LogP contribution in [0.2, 0.25) is 0 Å². The molecule has 3 heterocycles.